The van der Waals surface area contributed by atoms with Crippen molar-refractivity contribution in [1.82, 2.24) is 15.6 Å². The van der Waals surface area contributed by atoms with E-state index < -0.39 is 0 Å². The number of rotatable bonds is 5. The Morgan fingerprint density at radius 1 is 1.33 bits per heavy atom. The van der Waals surface area contributed by atoms with E-state index in [4.69, 9.17) is 4.74 Å². The van der Waals surface area contributed by atoms with Gasteiger partial charge in [0.2, 0.25) is 5.88 Å². The number of nitrogens with one attached hydrogen (secondary N) is 2. The summed E-state index contributed by atoms with van der Waals surface area (Å²) in [5.74, 6) is 1.01. The molecule has 2 rings (SSSR count). The second-order valence-electron chi connectivity index (χ2n) is 5.51. The molecular formula is C18H23FN4O. The van der Waals surface area contributed by atoms with E-state index in [0.29, 0.717) is 23.9 Å². The normalized spacial score (nSPS) is 12.6. The van der Waals surface area contributed by atoms with E-state index in [2.05, 4.69) is 20.6 Å². The summed E-state index contributed by atoms with van der Waals surface area (Å²) in [6, 6.07) is 8.94. The lowest BCUT2D eigenvalue weighted by Crippen LogP contribution is -2.38. The molecule has 0 bridgehead atoms. The number of aryl methyl sites for hydroxylation is 1. The number of pyridine rings is 1. The second kappa shape index (κ2) is 8.29. The van der Waals surface area contributed by atoms with Crippen molar-refractivity contribution in [1.29, 1.82) is 0 Å². The van der Waals surface area contributed by atoms with Crippen molar-refractivity contribution >= 4 is 5.96 Å². The molecule has 1 aromatic heterocycles. The van der Waals surface area contributed by atoms with Crippen LogP contribution < -0.4 is 15.4 Å². The number of benzene rings is 1. The molecule has 2 aromatic rings. The highest BCUT2D eigenvalue weighted by Crippen LogP contribution is 2.16. The van der Waals surface area contributed by atoms with Crippen molar-refractivity contribution in [3.05, 3.63) is 59.0 Å². The fourth-order valence-electron chi connectivity index (χ4n) is 2.22. The number of hydrogen-bond acceptors (Lipinski definition) is 3. The van der Waals surface area contributed by atoms with E-state index in [0.717, 1.165) is 11.1 Å². The molecule has 0 aliphatic carbocycles. The molecule has 0 spiro atoms. The molecule has 1 heterocycles. The van der Waals surface area contributed by atoms with E-state index in [-0.39, 0.29) is 11.9 Å². The Kier molecular flexibility index (Phi) is 6.12. The van der Waals surface area contributed by atoms with E-state index in [1.54, 1.807) is 39.4 Å². The third-order valence-electron chi connectivity index (χ3n) is 3.74. The van der Waals surface area contributed by atoms with Crippen molar-refractivity contribution in [2.24, 2.45) is 4.99 Å². The van der Waals surface area contributed by atoms with Crippen molar-refractivity contribution in [3.8, 4) is 5.88 Å². The average Bonchev–Trinajstić information content (AvgIpc) is 2.60. The molecule has 128 valence electrons. The molecule has 0 aliphatic rings. The number of hydrogen-bond donors (Lipinski definition) is 2. The molecule has 0 saturated carbocycles. The summed E-state index contributed by atoms with van der Waals surface area (Å²) in [4.78, 5) is 8.28. The number of methoxy groups -OCH3 is 1. The van der Waals surface area contributed by atoms with Crippen molar-refractivity contribution < 1.29 is 9.13 Å². The van der Waals surface area contributed by atoms with Crippen LogP contribution in [0.25, 0.3) is 0 Å². The number of guanidine groups is 1. The van der Waals surface area contributed by atoms with Crippen LogP contribution in [0.1, 0.15) is 29.7 Å². The van der Waals surface area contributed by atoms with E-state index in [1.807, 2.05) is 25.1 Å². The zero-order valence-electron chi connectivity index (χ0n) is 14.4. The smallest absolute Gasteiger partial charge is 0.213 e. The Hall–Kier alpha value is -2.63. The first-order valence-corrected chi connectivity index (χ1v) is 7.75. The zero-order chi connectivity index (χ0) is 17.5. The Bertz CT molecular complexity index is 718. The zero-order valence-corrected chi connectivity index (χ0v) is 14.4. The predicted octanol–water partition coefficient (Wildman–Crippen LogP) is 2.96. The summed E-state index contributed by atoms with van der Waals surface area (Å²) in [6.45, 7) is 4.29. The highest BCUT2D eigenvalue weighted by atomic mass is 19.1. The summed E-state index contributed by atoms with van der Waals surface area (Å²) in [5.41, 5.74) is 2.53. The highest BCUT2D eigenvalue weighted by molar-refractivity contribution is 5.80. The van der Waals surface area contributed by atoms with Gasteiger partial charge >= 0.3 is 0 Å². The standard InChI is InChI=1S/C18H23FN4O/c1-12-5-6-15(10-16(12)19)13(2)23-18(20-3)22-11-14-7-8-21-17(9-14)24-4/h5-10,13H,11H2,1-4H3,(H2,20,22,23). The maximum Gasteiger partial charge on any atom is 0.213 e. The van der Waals surface area contributed by atoms with Gasteiger partial charge in [0.25, 0.3) is 0 Å². The third-order valence-corrected chi connectivity index (χ3v) is 3.74. The van der Waals surface area contributed by atoms with Crippen LogP contribution in [-0.2, 0) is 6.54 Å². The summed E-state index contributed by atoms with van der Waals surface area (Å²) in [7, 11) is 3.29. The van der Waals surface area contributed by atoms with Gasteiger partial charge in [0.15, 0.2) is 5.96 Å². The Balaban J connectivity index is 1.97. The van der Waals surface area contributed by atoms with Crippen LogP contribution in [0.5, 0.6) is 5.88 Å². The topological polar surface area (TPSA) is 58.5 Å². The monoisotopic (exact) mass is 330 g/mol. The molecule has 6 heteroatoms. The first-order valence-electron chi connectivity index (χ1n) is 7.75. The molecule has 0 saturated heterocycles. The van der Waals surface area contributed by atoms with Crippen LogP contribution in [0.4, 0.5) is 4.39 Å². The summed E-state index contributed by atoms with van der Waals surface area (Å²) in [6.07, 6.45) is 1.70. The summed E-state index contributed by atoms with van der Waals surface area (Å²) >= 11 is 0. The number of nitrogens with zero attached hydrogens (tertiary/aromatic N) is 2. The molecule has 0 amide bonds. The first-order chi connectivity index (χ1) is 11.5. The Morgan fingerprint density at radius 2 is 2.12 bits per heavy atom. The first kappa shape index (κ1) is 17.7. The molecule has 5 nitrogen and oxygen atoms in total. The van der Waals surface area contributed by atoms with Crippen LogP contribution in [0.3, 0.4) is 0 Å². The predicted molar refractivity (Wildman–Crippen MR) is 93.7 cm³/mol. The molecule has 2 N–H and O–H groups in total. The maximum absolute atomic E-state index is 13.7. The lowest BCUT2D eigenvalue weighted by molar-refractivity contribution is 0.397. The fourth-order valence-corrected chi connectivity index (χ4v) is 2.22. The SMILES string of the molecule is CN=C(NCc1ccnc(OC)c1)NC(C)c1ccc(C)c(F)c1. The minimum atomic E-state index is -0.201. The van der Waals surface area contributed by atoms with Gasteiger partial charge in [-0.15, -0.1) is 0 Å². The minimum Gasteiger partial charge on any atom is -0.481 e. The number of halogens is 1. The van der Waals surface area contributed by atoms with Gasteiger partial charge < -0.3 is 15.4 Å². The molecule has 24 heavy (non-hydrogen) atoms. The molecule has 0 radical (unpaired) electrons. The van der Waals surface area contributed by atoms with Crippen LogP contribution in [0, 0.1) is 12.7 Å². The second-order valence-corrected chi connectivity index (χ2v) is 5.51. The third kappa shape index (κ3) is 4.68. The summed E-state index contributed by atoms with van der Waals surface area (Å²) < 4.78 is 18.8. The number of ether oxygens (including phenoxy) is 1. The average molecular weight is 330 g/mol. The Labute approximate surface area is 142 Å². The van der Waals surface area contributed by atoms with Crippen LogP contribution in [-0.4, -0.2) is 25.1 Å². The molecule has 1 unspecified atom stereocenters. The van der Waals surface area contributed by atoms with Crippen LogP contribution >= 0.6 is 0 Å². The molecule has 1 atom stereocenters. The Morgan fingerprint density at radius 3 is 2.79 bits per heavy atom. The maximum atomic E-state index is 13.7. The van der Waals surface area contributed by atoms with E-state index in [9.17, 15) is 4.39 Å². The van der Waals surface area contributed by atoms with Crippen molar-refractivity contribution in [2.75, 3.05) is 14.2 Å². The largest absolute Gasteiger partial charge is 0.481 e. The fraction of sp³-hybridized carbons (Fsp3) is 0.333. The van der Waals surface area contributed by atoms with Crippen LogP contribution in [0.2, 0.25) is 0 Å². The van der Waals surface area contributed by atoms with Gasteiger partial charge in [-0.05, 0) is 42.7 Å². The molecule has 1 aromatic carbocycles. The number of aliphatic imine (C=N–C) groups is 1. The van der Waals surface area contributed by atoms with Gasteiger partial charge in [0, 0.05) is 25.9 Å². The van der Waals surface area contributed by atoms with E-state index in [1.165, 1.54) is 0 Å². The van der Waals surface area contributed by atoms with Gasteiger partial charge in [-0.1, -0.05) is 12.1 Å². The van der Waals surface area contributed by atoms with Gasteiger partial charge in [-0.2, -0.15) is 0 Å². The summed E-state index contributed by atoms with van der Waals surface area (Å²) in [5, 5.41) is 6.48. The van der Waals surface area contributed by atoms with Gasteiger partial charge in [-0.25, -0.2) is 9.37 Å². The molecule has 0 aliphatic heterocycles. The minimum absolute atomic E-state index is 0.0710. The lowest BCUT2D eigenvalue weighted by Gasteiger charge is -2.19. The lowest BCUT2D eigenvalue weighted by atomic mass is 10.1. The number of aromatic nitrogens is 1. The van der Waals surface area contributed by atoms with Gasteiger partial charge in [-0.3, -0.25) is 4.99 Å². The molecular weight excluding hydrogens is 307 g/mol. The van der Waals surface area contributed by atoms with E-state index >= 15 is 0 Å². The van der Waals surface area contributed by atoms with Gasteiger partial charge in [0.05, 0.1) is 13.2 Å². The van der Waals surface area contributed by atoms with Crippen molar-refractivity contribution in [2.45, 2.75) is 26.4 Å². The quantitative estimate of drug-likeness (QED) is 0.654. The van der Waals surface area contributed by atoms with Crippen LogP contribution in [0.15, 0.2) is 41.5 Å². The van der Waals surface area contributed by atoms with Crippen molar-refractivity contribution in [3.63, 3.8) is 0 Å². The van der Waals surface area contributed by atoms with Gasteiger partial charge in [0.1, 0.15) is 5.82 Å². The molecule has 0 fully saturated rings. The highest BCUT2D eigenvalue weighted by Gasteiger charge is 2.10.